The molecule has 0 saturated carbocycles. The number of ether oxygens (including phenoxy) is 1. The summed E-state index contributed by atoms with van der Waals surface area (Å²) in [5.74, 6) is 1.90. The molecule has 138 valence electrons. The van der Waals surface area contributed by atoms with Gasteiger partial charge in [0.2, 0.25) is 0 Å². The maximum absolute atomic E-state index is 5.45. The van der Waals surface area contributed by atoms with Gasteiger partial charge in [0.05, 0.1) is 19.8 Å². The van der Waals surface area contributed by atoms with Crippen molar-refractivity contribution in [2.45, 2.75) is 13.1 Å². The van der Waals surface area contributed by atoms with Gasteiger partial charge in [0.1, 0.15) is 5.82 Å². The summed E-state index contributed by atoms with van der Waals surface area (Å²) in [7, 11) is 4.01. The Bertz CT molecular complexity index is 711. The van der Waals surface area contributed by atoms with Crippen LogP contribution in [-0.2, 0) is 17.8 Å². The number of guanidine groups is 1. The molecular weight excluding hydrogens is 326 g/mol. The number of benzene rings is 1. The number of hydrogen-bond donors (Lipinski definition) is 1. The standard InChI is InChI=1S/C20H27N5O/c1-24(2)20(22-15-17-7-4-3-5-8-17)23-16-18-9-6-10-21-19(18)25-11-13-26-14-12-25/h3-10H,11-16H2,1-2H3,(H,22,23). The quantitative estimate of drug-likeness (QED) is 0.659. The predicted octanol–water partition coefficient (Wildman–Crippen LogP) is 2.13. The van der Waals surface area contributed by atoms with Crippen LogP contribution in [-0.4, -0.2) is 56.2 Å². The van der Waals surface area contributed by atoms with Crippen molar-refractivity contribution in [3.63, 3.8) is 0 Å². The summed E-state index contributed by atoms with van der Waals surface area (Å²) in [4.78, 5) is 13.6. The number of aliphatic imine (C=N–C) groups is 1. The molecular formula is C20H27N5O. The van der Waals surface area contributed by atoms with E-state index < -0.39 is 0 Å². The highest BCUT2D eigenvalue weighted by Crippen LogP contribution is 2.18. The molecule has 1 saturated heterocycles. The summed E-state index contributed by atoms with van der Waals surface area (Å²) in [5.41, 5.74) is 2.37. The molecule has 1 N–H and O–H groups in total. The van der Waals surface area contributed by atoms with Crippen LogP contribution >= 0.6 is 0 Å². The summed E-state index contributed by atoms with van der Waals surface area (Å²) in [6, 6.07) is 14.4. The van der Waals surface area contributed by atoms with Crippen molar-refractivity contribution in [3.05, 3.63) is 59.8 Å². The van der Waals surface area contributed by atoms with Crippen molar-refractivity contribution in [3.8, 4) is 0 Å². The van der Waals surface area contributed by atoms with E-state index in [0.717, 1.165) is 38.1 Å². The van der Waals surface area contributed by atoms with Gasteiger partial charge in [-0.2, -0.15) is 0 Å². The van der Waals surface area contributed by atoms with Crippen molar-refractivity contribution >= 4 is 11.8 Å². The molecule has 26 heavy (non-hydrogen) atoms. The number of aromatic nitrogens is 1. The lowest BCUT2D eigenvalue weighted by atomic mass is 10.2. The monoisotopic (exact) mass is 353 g/mol. The van der Waals surface area contributed by atoms with E-state index in [1.807, 2.05) is 49.5 Å². The summed E-state index contributed by atoms with van der Waals surface area (Å²) in [6.07, 6.45) is 1.85. The zero-order chi connectivity index (χ0) is 18.2. The van der Waals surface area contributed by atoms with Crippen molar-refractivity contribution in [1.82, 2.24) is 15.2 Å². The van der Waals surface area contributed by atoms with Gasteiger partial charge in [-0.05, 0) is 11.6 Å². The van der Waals surface area contributed by atoms with E-state index in [0.29, 0.717) is 13.1 Å². The third-order valence-electron chi connectivity index (χ3n) is 4.29. The Labute approximate surface area is 155 Å². The molecule has 1 fully saturated rings. The highest BCUT2D eigenvalue weighted by Gasteiger charge is 2.16. The average molecular weight is 353 g/mol. The number of morpholine rings is 1. The van der Waals surface area contributed by atoms with Gasteiger partial charge in [0.25, 0.3) is 0 Å². The Balaban J connectivity index is 1.67. The topological polar surface area (TPSA) is 53.0 Å². The molecule has 6 heteroatoms. The Morgan fingerprint density at radius 2 is 1.92 bits per heavy atom. The smallest absolute Gasteiger partial charge is 0.194 e. The highest BCUT2D eigenvalue weighted by molar-refractivity contribution is 5.79. The van der Waals surface area contributed by atoms with E-state index in [9.17, 15) is 0 Å². The number of rotatable bonds is 5. The number of hydrogen-bond acceptors (Lipinski definition) is 4. The zero-order valence-corrected chi connectivity index (χ0v) is 15.6. The highest BCUT2D eigenvalue weighted by atomic mass is 16.5. The first-order chi connectivity index (χ1) is 12.7. The normalized spacial score (nSPS) is 15.0. The minimum atomic E-state index is 0.657. The van der Waals surface area contributed by atoms with E-state index >= 15 is 0 Å². The first kappa shape index (κ1) is 18.2. The van der Waals surface area contributed by atoms with Crippen LogP contribution in [0.25, 0.3) is 0 Å². The summed E-state index contributed by atoms with van der Waals surface area (Å²) >= 11 is 0. The molecule has 1 aliphatic heterocycles. The molecule has 1 aromatic carbocycles. The van der Waals surface area contributed by atoms with E-state index in [1.54, 1.807) is 0 Å². The van der Waals surface area contributed by atoms with Crippen molar-refractivity contribution in [2.75, 3.05) is 45.3 Å². The summed E-state index contributed by atoms with van der Waals surface area (Å²) in [5, 5.41) is 3.46. The minimum Gasteiger partial charge on any atom is -0.378 e. The van der Waals surface area contributed by atoms with Crippen LogP contribution in [0.1, 0.15) is 11.1 Å². The largest absolute Gasteiger partial charge is 0.378 e. The maximum atomic E-state index is 5.45. The van der Waals surface area contributed by atoms with Gasteiger partial charge < -0.3 is 19.9 Å². The molecule has 0 unspecified atom stereocenters. The predicted molar refractivity (Wildman–Crippen MR) is 105 cm³/mol. The van der Waals surface area contributed by atoms with Crippen LogP contribution < -0.4 is 10.2 Å². The van der Waals surface area contributed by atoms with Gasteiger partial charge in [-0.15, -0.1) is 0 Å². The third kappa shape index (κ3) is 4.95. The second-order valence-corrected chi connectivity index (χ2v) is 6.46. The van der Waals surface area contributed by atoms with Crippen LogP contribution in [0.5, 0.6) is 0 Å². The van der Waals surface area contributed by atoms with E-state index in [1.165, 1.54) is 11.1 Å². The summed E-state index contributed by atoms with van der Waals surface area (Å²) < 4.78 is 5.45. The SMILES string of the molecule is CN(C)C(=NCc1ccccc1)NCc1cccnc1N1CCOCC1. The van der Waals surface area contributed by atoms with Crippen LogP contribution in [0.2, 0.25) is 0 Å². The minimum absolute atomic E-state index is 0.657. The fourth-order valence-electron chi connectivity index (χ4n) is 2.91. The van der Waals surface area contributed by atoms with Gasteiger partial charge in [0, 0.05) is 45.5 Å². The van der Waals surface area contributed by atoms with Gasteiger partial charge in [-0.25, -0.2) is 9.98 Å². The average Bonchev–Trinajstić information content (AvgIpc) is 2.69. The molecule has 2 heterocycles. The first-order valence-corrected chi connectivity index (χ1v) is 9.00. The molecule has 1 aromatic heterocycles. The lowest BCUT2D eigenvalue weighted by Gasteiger charge is -2.29. The molecule has 1 aliphatic rings. The zero-order valence-electron chi connectivity index (χ0n) is 15.6. The Morgan fingerprint density at radius 3 is 2.65 bits per heavy atom. The third-order valence-corrected chi connectivity index (χ3v) is 4.29. The van der Waals surface area contributed by atoms with Crippen molar-refractivity contribution in [1.29, 1.82) is 0 Å². The molecule has 0 spiro atoms. The second-order valence-electron chi connectivity index (χ2n) is 6.46. The van der Waals surface area contributed by atoms with Crippen LogP contribution in [0.15, 0.2) is 53.7 Å². The fourth-order valence-corrected chi connectivity index (χ4v) is 2.91. The first-order valence-electron chi connectivity index (χ1n) is 9.00. The molecule has 2 aromatic rings. The maximum Gasteiger partial charge on any atom is 0.194 e. The van der Waals surface area contributed by atoms with Crippen LogP contribution in [0.3, 0.4) is 0 Å². The number of nitrogens with zero attached hydrogens (tertiary/aromatic N) is 4. The molecule has 0 aliphatic carbocycles. The van der Waals surface area contributed by atoms with Crippen molar-refractivity contribution in [2.24, 2.45) is 4.99 Å². The van der Waals surface area contributed by atoms with E-state index in [-0.39, 0.29) is 0 Å². The van der Waals surface area contributed by atoms with Gasteiger partial charge in [0.15, 0.2) is 5.96 Å². The molecule has 0 radical (unpaired) electrons. The lowest BCUT2D eigenvalue weighted by Crippen LogP contribution is -2.39. The van der Waals surface area contributed by atoms with E-state index in [4.69, 9.17) is 9.73 Å². The molecule has 6 nitrogen and oxygen atoms in total. The summed E-state index contributed by atoms with van der Waals surface area (Å²) in [6.45, 7) is 4.62. The molecule has 0 amide bonds. The lowest BCUT2D eigenvalue weighted by molar-refractivity contribution is 0.122. The van der Waals surface area contributed by atoms with Crippen molar-refractivity contribution < 1.29 is 4.74 Å². The van der Waals surface area contributed by atoms with Crippen LogP contribution in [0.4, 0.5) is 5.82 Å². The number of nitrogens with one attached hydrogen (secondary N) is 1. The van der Waals surface area contributed by atoms with E-state index in [2.05, 4.69) is 33.4 Å². The Morgan fingerprint density at radius 1 is 1.15 bits per heavy atom. The van der Waals surface area contributed by atoms with Gasteiger partial charge in [-0.1, -0.05) is 36.4 Å². The molecule has 0 bridgehead atoms. The van der Waals surface area contributed by atoms with Gasteiger partial charge in [-0.3, -0.25) is 0 Å². The van der Waals surface area contributed by atoms with Crippen LogP contribution in [0, 0.1) is 0 Å². The molecule has 3 rings (SSSR count). The molecule has 0 atom stereocenters. The number of pyridine rings is 1. The Hall–Kier alpha value is -2.60. The number of anilines is 1. The van der Waals surface area contributed by atoms with Gasteiger partial charge >= 0.3 is 0 Å². The second kappa shape index (κ2) is 9.20. The Kier molecular flexibility index (Phi) is 6.44. The fraction of sp³-hybridized carbons (Fsp3) is 0.400.